The molecule has 1 aliphatic heterocycles. The van der Waals surface area contributed by atoms with Crippen LogP contribution in [0.15, 0.2) is 24.3 Å². The van der Waals surface area contributed by atoms with E-state index in [4.69, 9.17) is 5.73 Å². The SMILES string of the molecule is NC(CNC(=O)CN1C(=O)NC2(CCc3ccccc32)C1=O)C1CC1. The van der Waals surface area contributed by atoms with Crippen molar-refractivity contribution in [2.24, 2.45) is 11.7 Å². The van der Waals surface area contributed by atoms with Crippen LogP contribution in [-0.4, -0.2) is 41.9 Å². The summed E-state index contributed by atoms with van der Waals surface area (Å²) in [4.78, 5) is 38.4. The molecular weight excluding hydrogens is 320 g/mol. The number of nitrogens with two attached hydrogens (primary N) is 1. The standard InChI is InChI=1S/C18H22N4O3/c19-14(12-5-6-12)9-20-15(23)10-22-16(24)18(21-17(22)25)8-7-11-3-1-2-4-13(11)18/h1-4,12,14H,5-10,19H2,(H,20,23)(H,21,25). The lowest BCUT2D eigenvalue weighted by Crippen LogP contribution is -2.46. The van der Waals surface area contributed by atoms with E-state index in [0.29, 0.717) is 18.9 Å². The van der Waals surface area contributed by atoms with E-state index in [9.17, 15) is 14.4 Å². The van der Waals surface area contributed by atoms with Gasteiger partial charge in [0, 0.05) is 12.6 Å². The lowest BCUT2D eigenvalue weighted by atomic mass is 9.92. The van der Waals surface area contributed by atoms with Crippen molar-refractivity contribution in [2.75, 3.05) is 13.1 Å². The van der Waals surface area contributed by atoms with Crippen molar-refractivity contribution in [3.05, 3.63) is 35.4 Å². The Morgan fingerprint density at radius 2 is 2.12 bits per heavy atom. The first kappa shape index (κ1) is 16.1. The molecule has 2 aliphatic carbocycles. The third-order valence-electron chi connectivity index (χ3n) is 5.49. The van der Waals surface area contributed by atoms with Crippen molar-refractivity contribution in [2.45, 2.75) is 37.3 Å². The van der Waals surface area contributed by atoms with Gasteiger partial charge in [-0.15, -0.1) is 0 Å². The summed E-state index contributed by atoms with van der Waals surface area (Å²) in [5, 5.41) is 5.55. The Hall–Kier alpha value is -2.41. The molecule has 1 heterocycles. The second-order valence-corrected chi connectivity index (χ2v) is 7.19. The van der Waals surface area contributed by atoms with E-state index in [0.717, 1.165) is 35.3 Å². The first-order valence-corrected chi connectivity index (χ1v) is 8.76. The van der Waals surface area contributed by atoms with Crippen LogP contribution in [0.5, 0.6) is 0 Å². The second-order valence-electron chi connectivity index (χ2n) is 7.19. The summed E-state index contributed by atoms with van der Waals surface area (Å²) in [6, 6.07) is 7.06. The van der Waals surface area contributed by atoms with Gasteiger partial charge in [0.25, 0.3) is 5.91 Å². The van der Waals surface area contributed by atoms with Crippen molar-refractivity contribution in [3.8, 4) is 0 Å². The van der Waals surface area contributed by atoms with E-state index in [1.807, 2.05) is 24.3 Å². The molecule has 3 aliphatic rings. The highest BCUT2D eigenvalue weighted by atomic mass is 16.2. The normalized spacial score (nSPS) is 25.9. The fourth-order valence-electron chi connectivity index (χ4n) is 3.86. The van der Waals surface area contributed by atoms with Crippen molar-refractivity contribution in [1.29, 1.82) is 0 Å². The zero-order chi connectivity index (χ0) is 17.6. The Kier molecular flexibility index (Phi) is 3.76. The zero-order valence-corrected chi connectivity index (χ0v) is 14.0. The summed E-state index contributed by atoms with van der Waals surface area (Å²) >= 11 is 0. The molecule has 1 aromatic carbocycles. The van der Waals surface area contributed by atoms with Crippen LogP contribution in [-0.2, 0) is 21.5 Å². The van der Waals surface area contributed by atoms with Crippen LogP contribution in [0.3, 0.4) is 0 Å². The van der Waals surface area contributed by atoms with Gasteiger partial charge in [-0.25, -0.2) is 4.79 Å². The molecule has 0 radical (unpaired) electrons. The van der Waals surface area contributed by atoms with E-state index in [1.165, 1.54) is 0 Å². The number of nitrogens with one attached hydrogen (secondary N) is 2. The van der Waals surface area contributed by atoms with Crippen LogP contribution in [0.2, 0.25) is 0 Å². The molecule has 4 N–H and O–H groups in total. The lowest BCUT2D eigenvalue weighted by molar-refractivity contribution is -0.135. The minimum atomic E-state index is -1.02. The minimum absolute atomic E-state index is 0.0555. The molecule has 1 saturated carbocycles. The van der Waals surface area contributed by atoms with Gasteiger partial charge in [-0.1, -0.05) is 24.3 Å². The maximum absolute atomic E-state index is 12.9. The van der Waals surface area contributed by atoms with E-state index in [1.54, 1.807) is 0 Å². The van der Waals surface area contributed by atoms with Crippen LogP contribution in [0.4, 0.5) is 4.79 Å². The van der Waals surface area contributed by atoms with E-state index in [2.05, 4.69) is 10.6 Å². The number of hydrogen-bond donors (Lipinski definition) is 3. The van der Waals surface area contributed by atoms with Gasteiger partial charge < -0.3 is 16.4 Å². The number of hydrogen-bond acceptors (Lipinski definition) is 4. The molecule has 4 rings (SSSR count). The summed E-state index contributed by atoms with van der Waals surface area (Å²) in [6.45, 7) is 0.104. The molecule has 7 heteroatoms. The van der Waals surface area contributed by atoms with Gasteiger partial charge in [-0.3, -0.25) is 14.5 Å². The van der Waals surface area contributed by atoms with E-state index >= 15 is 0 Å². The van der Waals surface area contributed by atoms with E-state index in [-0.39, 0.29) is 24.4 Å². The van der Waals surface area contributed by atoms with Crippen LogP contribution < -0.4 is 16.4 Å². The first-order chi connectivity index (χ1) is 12.0. The number of urea groups is 1. The molecule has 2 unspecified atom stereocenters. The Labute approximate surface area is 145 Å². The van der Waals surface area contributed by atoms with Crippen molar-refractivity contribution < 1.29 is 14.4 Å². The molecule has 1 spiro atoms. The van der Waals surface area contributed by atoms with Crippen LogP contribution in [0.25, 0.3) is 0 Å². The lowest BCUT2D eigenvalue weighted by Gasteiger charge is -2.22. The van der Waals surface area contributed by atoms with Gasteiger partial charge in [-0.2, -0.15) is 0 Å². The molecule has 7 nitrogen and oxygen atoms in total. The number of aryl methyl sites for hydroxylation is 1. The molecule has 0 aromatic heterocycles. The summed E-state index contributed by atoms with van der Waals surface area (Å²) in [5.41, 5.74) is 6.85. The number of imide groups is 1. The van der Waals surface area contributed by atoms with Crippen LogP contribution in [0, 0.1) is 5.92 Å². The molecule has 2 fully saturated rings. The highest BCUT2D eigenvalue weighted by molar-refractivity contribution is 6.09. The van der Waals surface area contributed by atoms with Crippen molar-refractivity contribution in [3.63, 3.8) is 0 Å². The average molecular weight is 342 g/mol. The molecule has 4 amide bonds. The fraction of sp³-hybridized carbons (Fsp3) is 0.500. The van der Waals surface area contributed by atoms with Gasteiger partial charge in [0.2, 0.25) is 5.91 Å². The Morgan fingerprint density at radius 1 is 1.36 bits per heavy atom. The molecular formula is C18H22N4O3. The minimum Gasteiger partial charge on any atom is -0.353 e. The predicted molar refractivity (Wildman–Crippen MR) is 90.4 cm³/mol. The number of carbonyl (C=O) groups is 3. The summed E-state index contributed by atoms with van der Waals surface area (Å²) in [6.07, 6.45) is 3.47. The fourth-order valence-corrected chi connectivity index (χ4v) is 3.86. The van der Waals surface area contributed by atoms with Gasteiger partial charge in [0.05, 0.1) is 0 Å². The zero-order valence-electron chi connectivity index (χ0n) is 14.0. The van der Waals surface area contributed by atoms with Crippen molar-refractivity contribution >= 4 is 17.8 Å². The van der Waals surface area contributed by atoms with Gasteiger partial charge in [-0.05, 0) is 42.7 Å². The van der Waals surface area contributed by atoms with Crippen LogP contribution in [0.1, 0.15) is 30.4 Å². The largest absolute Gasteiger partial charge is 0.353 e. The number of benzene rings is 1. The number of carbonyl (C=O) groups excluding carboxylic acids is 3. The highest BCUT2D eigenvalue weighted by Crippen LogP contribution is 2.41. The molecule has 1 saturated heterocycles. The third-order valence-corrected chi connectivity index (χ3v) is 5.49. The maximum Gasteiger partial charge on any atom is 0.325 e. The van der Waals surface area contributed by atoms with Gasteiger partial charge in [0.1, 0.15) is 12.1 Å². The third kappa shape index (κ3) is 2.68. The van der Waals surface area contributed by atoms with E-state index < -0.39 is 11.6 Å². The molecule has 2 atom stereocenters. The first-order valence-electron chi connectivity index (χ1n) is 8.76. The Balaban J connectivity index is 1.44. The van der Waals surface area contributed by atoms with Gasteiger partial charge in [0.15, 0.2) is 0 Å². The van der Waals surface area contributed by atoms with Crippen molar-refractivity contribution in [1.82, 2.24) is 15.5 Å². The monoisotopic (exact) mass is 342 g/mol. The summed E-state index contributed by atoms with van der Waals surface area (Å²) in [7, 11) is 0. The molecule has 0 bridgehead atoms. The molecule has 132 valence electrons. The van der Waals surface area contributed by atoms with Crippen LogP contribution >= 0.6 is 0 Å². The second kappa shape index (κ2) is 5.84. The number of amides is 4. The smallest absolute Gasteiger partial charge is 0.325 e. The highest BCUT2D eigenvalue weighted by Gasteiger charge is 2.55. The summed E-state index contributed by atoms with van der Waals surface area (Å²) < 4.78 is 0. The number of nitrogens with zero attached hydrogens (tertiary/aromatic N) is 1. The Bertz CT molecular complexity index is 746. The number of rotatable bonds is 5. The molecule has 1 aromatic rings. The maximum atomic E-state index is 12.9. The predicted octanol–water partition coefficient (Wildman–Crippen LogP) is 0.233. The number of fused-ring (bicyclic) bond motifs is 2. The molecule has 25 heavy (non-hydrogen) atoms. The van der Waals surface area contributed by atoms with Gasteiger partial charge >= 0.3 is 6.03 Å². The topological polar surface area (TPSA) is 105 Å². The summed E-state index contributed by atoms with van der Waals surface area (Å²) in [5.74, 6) is -0.220. The Morgan fingerprint density at radius 3 is 2.88 bits per heavy atom. The average Bonchev–Trinajstić information content (AvgIpc) is 3.36. The quantitative estimate of drug-likeness (QED) is 0.666.